The van der Waals surface area contributed by atoms with Crippen molar-refractivity contribution in [2.24, 2.45) is 0 Å². The Bertz CT molecular complexity index is 713. The molecule has 6 heteroatoms. The molecule has 0 spiro atoms. The number of aromatic amines is 1. The van der Waals surface area contributed by atoms with Crippen LogP contribution in [-0.2, 0) is 0 Å². The van der Waals surface area contributed by atoms with Crippen LogP contribution in [0.15, 0.2) is 18.2 Å². The van der Waals surface area contributed by atoms with Crippen molar-refractivity contribution in [3.63, 3.8) is 0 Å². The van der Waals surface area contributed by atoms with Crippen LogP contribution >= 0.6 is 11.6 Å². The van der Waals surface area contributed by atoms with Gasteiger partial charge in [0.05, 0.1) is 7.11 Å². The molecule has 0 saturated carbocycles. The number of aromatic nitrogens is 1. The zero-order chi connectivity index (χ0) is 16.4. The summed E-state index contributed by atoms with van der Waals surface area (Å²) in [4.78, 5) is 18.1. The second-order valence-corrected chi connectivity index (χ2v) is 6.29. The highest BCUT2D eigenvalue weighted by molar-refractivity contribution is 6.31. The number of rotatable bonds is 5. The predicted molar refractivity (Wildman–Crippen MR) is 92.5 cm³/mol. The highest BCUT2D eigenvalue weighted by Crippen LogP contribution is 2.32. The Balaban J connectivity index is 1.78. The van der Waals surface area contributed by atoms with Crippen molar-refractivity contribution in [2.75, 3.05) is 26.7 Å². The van der Waals surface area contributed by atoms with Gasteiger partial charge in [0.15, 0.2) is 5.75 Å². The number of methoxy groups -OCH3 is 1. The number of ether oxygens (including phenoxy) is 1. The maximum Gasteiger partial charge on any atom is 0.271 e. The Morgan fingerprint density at radius 3 is 3.09 bits per heavy atom. The molecule has 124 valence electrons. The van der Waals surface area contributed by atoms with Crippen LogP contribution in [0.3, 0.4) is 0 Å². The smallest absolute Gasteiger partial charge is 0.271 e. The van der Waals surface area contributed by atoms with Crippen molar-refractivity contribution in [2.45, 2.75) is 25.8 Å². The van der Waals surface area contributed by atoms with E-state index in [0.717, 1.165) is 30.4 Å². The summed E-state index contributed by atoms with van der Waals surface area (Å²) in [5.74, 6) is 0.399. The molecule has 2 heterocycles. The molecule has 1 amide bonds. The molecule has 1 saturated heterocycles. The summed E-state index contributed by atoms with van der Waals surface area (Å²) >= 11 is 6.04. The van der Waals surface area contributed by atoms with Gasteiger partial charge in [0, 0.05) is 28.5 Å². The highest BCUT2D eigenvalue weighted by atomic mass is 35.5. The monoisotopic (exact) mass is 335 g/mol. The van der Waals surface area contributed by atoms with Crippen LogP contribution in [0.5, 0.6) is 5.75 Å². The van der Waals surface area contributed by atoms with Gasteiger partial charge in [-0.3, -0.25) is 9.69 Å². The van der Waals surface area contributed by atoms with Gasteiger partial charge in [-0.25, -0.2) is 0 Å². The molecule has 2 aromatic rings. The Morgan fingerprint density at radius 1 is 1.52 bits per heavy atom. The van der Waals surface area contributed by atoms with E-state index in [9.17, 15) is 4.79 Å². The van der Waals surface area contributed by atoms with Crippen molar-refractivity contribution in [1.29, 1.82) is 0 Å². The number of H-pyrrole nitrogens is 1. The summed E-state index contributed by atoms with van der Waals surface area (Å²) in [5.41, 5.74) is 1.29. The standard InChI is InChI=1S/C17H22ClN3O2/c1-3-21-8-4-5-12(21)10-19-17(22)15-16(23-2)13-9-11(18)6-7-14(13)20-15/h6-7,9,12,20H,3-5,8,10H2,1-2H3,(H,19,22)/t12-/m0/s1. The maximum atomic E-state index is 12.6. The van der Waals surface area contributed by atoms with Crippen molar-refractivity contribution in [3.05, 3.63) is 28.9 Å². The van der Waals surface area contributed by atoms with Crippen LogP contribution < -0.4 is 10.1 Å². The topological polar surface area (TPSA) is 57.4 Å². The summed E-state index contributed by atoms with van der Waals surface area (Å²) in [6.45, 7) is 4.95. The first-order valence-corrected chi connectivity index (χ1v) is 8.39. The molecular weight excluding hydrogens is 314 g/mol. The molecule has 0 bridgehead atoms. The lowest BCUT2D eigenvalue weighted by Gasteiger charge is -2.22. The fourth-order valence-electron chi connectivity index (χ4n) is 3.35. The van der Waals surface area contributed by atoms with E-state index in [1.54, 1.807) is 19.2 Å². The van der Waals surface area contributed by atoms with E-state index >= 15 is 0 Å². The van der Waals surface area contributed by atoms with E-state index in [2.05, 4.69) is 22.1 Å². The predicted octanol–water partition coefficient (Wildman–Crippen LogP) is 3.04. The van der Waals surface area contributed by atoms with Crippen LogP contribution in [0.25, 0.3) is 10.9 Å². The largest absolute Gasteiger partial charge is 0.494 e. The number of benzene rings is 1. The van der Waals surface area contributed by atoms with Gasteiger partial charge in [-0.05, 0) is 44.1 Å². The Kier molecular flexibility index (Phi) is 4.78. The first kappa shape index (κ1) is 16.1. The van der Waals surface area contributed by atoms with Gasteiger partial charge in [-0.2, -0.15) is 0 Å². The molecule has 1 aromatic heterocycles. The van der Waals surface area contributed by atoms with Crippen LogP contribution in [0, 0.1) is 0 Å². The summed E-state index contributed by atoms with van der Waals surface area (Å²) in [6, 6.07) is 5.87. The van der Waals surface area contributed by atoms with Crippen LogP contribution in [0.4, 0.5) is 0 Å². The molecule has 1 aliphatic rings. The van der Waals surface area contributed by atoms with E-state index < -0.39 is 0 Å². The van der Waals surface area contributed by atoms with Gasteiger partial charge in [-0.15, -0.1) is 0 Å². The third-order valence-corrected chi connectivity index (χ3v) is 4.78. The minimum Gasteiger partial charge on any atom is -0.494 e. The van der Waals surface area contributed by atoms with Gasteiger partial charge in [0.25, 0.3) is 5.91 Å². The SMILES string of the molecule is CCN1CCC[C@H]1CNC(=O)c1[nH]c2ccc(Cl)cc2c1OC. The minimum atomic E-state index is -0.142. The van der Waals surface area contributed by atoms with Crippen LogP contribution in [0.1, 0.15) is 30.3 Å². The quantitative estimate of drug-likeness (QED) is 0.883. The molecule has 1 aliphatic heterocycles. The average Bonchev–Trinajstić information content (AvgIpc) is 3.15. The highest BCUT2D eigenvalue weighted by Gasteiger charge is 2.25. The number of nitrogens with zero attached hydrogens (tertiary/aromatic N) is 1. The van der Waals surface area contributed by atoms with E-state index in [1.807, 2.05) is 6.07 Å². The molecule has 5 nitrogen and oxygen atoms in total. The van der Waals surface area contributed by atoms with E-state index in [-0.39, 0.29) is 5.91 Å². The van der Waals surface area contributed by atoms with Gasteiger partial charge in [0.1, 0.15) is 5.69 Å². The van der Waals surface area contributed by atoms with Gasteiger partial charge in [-0.1, -0.05) is 18.5 Å². The van der Waals surface area contributed by atoms with Gasteiger partial charge in [0.2, 0.25) is 0 Å². The number of halogens is 1. The molecular formula is C17H22ClN3O2. The molecule has 0 unspecified atom stereocenters. The number of amides is 1. The second-order valence-electron chi connectivity index (χ2n) is 5.86. The Morgan fingerprint density at radius 2 is 2.35 bits per heavy atom. The van der Waals surface area contributed by atoms with Gasteiger partial charge >= 0.3 is 0 Å². The zero-order valence-electron chi connectivity index (χ0n) is 13.5. The Labute approximate surface area is 140 Å². The van der Waals surface area contributed by atoms with E-state index in [4.69, 9.17) is 16.3 Å². The number of likely N-dealkylation sites (tertiary alicyclic amines) is 1. The van der Waals surface area contributed by atoms with E-state index in [1.165, 1.54) is 6.42 Å². The molecule has 3 rings (SSSR count). The summed E-state index contributed by atoms with van der Waals surface area (Å²) in [7, 11) is 1.57. The first-order valence-electron chi connectivity index (χ1n) is 8.01. The fourth-order valence-corrected chi connectivity index (χ4v) is 3.52. The number of hydrogen-bond acceptors (Lipinski definition) is 3. The van der Waals surface area contributed by atoms with E-state index in [0.29, 0.717) is 29.1 Å². The molecule has 1 fully saturated rings. The van der Waals surface area contributed by atoms with Crippen molar-refractivity contribution in [1.82, 2.24) is 15.2 Å². The van der Waals surface area contributed by atoms with Gasteiger partial charge < -0.3 is 15.0 Å². The normalized spacial score (nSPS) is 18.5. The lowest BCUT2D eigenvalue weighted by molar-refractivity contribution is 0.0934. The second kappa shape index (κ2) is 6.81. The third-order valence-electron chi connectivity index (χ3n) is 4.55. The van der Waals surface area contributed by atoms with Crippen molar-refractivity contribution >= 4 is 28.4 Å². The fraction of sp³-hybridized carbons (Fsp3) is 0.471. The molecule has 2 N–H and O–H groups in total. The lowest BCUT2D eigenvalue weighted by atomic mass is 10.2. The third kappa shape index (κ3) is 3.16. The van der Waals surface area contributed by atoms with Crippen molar-refractivity contribution in [3.8, 4) is 5.75 Å². The first-order chi connectivity index (χ1) is 11.1. The lowest BCUT2D eigenvalue weighted by Crippen LogP contribution is -2.40. The summed E-state index contributed by atoms with van der Waals surface area (Å²) in [6.07, 6.45) is 2.33. The summed E-state index contributed by atoms with van der Waals surface area (Å²) < 4.78 is 5.43. The number of carbonyl (C=O) groups is 1. The number of likely N-dealkylation sites (N-methyl/N-ethyl adjacent to an activating group) is 1. The number of fused-ring (bicyclic) bond motifs is 1. The Hall–Kier alpha value is -1.72. The minimum absolute atomic E-state index is 0.142. The zero-order valence-corrected chi connectivity index (χ0v) is 14.2. The molecule has 0 radical (unpaired) electrons. The molecule has 1 aromatic carbocycles. The van der Waals surface area contributed by atoms with Crippen molar-refractivity contribution < 1.29 is 9.53 Å². The number of carbonyl (C=O) groups excluding carboxylic acids is 1. The maximum absolute atomic E-state index is 12.6. The number of hydrogen-bond donors (Lipinski definition) is 2. The average molecular weight is 336 g/mol. The van der Waals surface area contributed by atoms with Crippen LogP contribution in [-0.4, -0.2) is 48.6 Å². The molecule has 23 heavy (non-hydrogen) atoms. The van der Waals surface area contributed by atoms with Crippen LogP contribution in [0.2, 0.25) is 5.02 Å². The molecule has 1 atom stereocenters. The molecule has 0 aliphatic carbocycles. The number of nitrogens with one attached hydrogen (secondary N) is 2. The summed E-state index contributed by atoms with van der Waals surface area (Å²) in [5, 5.41) is 4.47.